The fourth-order valence-electron chi connectivity index (χ4n) is 2.16. The van der Waals surface area contributed by atoms with Crippen LogP contribution in [0.4, 0.5) is 5.69 Å². The fraction of sp³-hybridized carbons (Fsp3) is 0.538. The van der Waals surface area contributed by atoms with Gasteiger partial charge in [0.25, 0.3) is 0 Å². The van der Waals surface area contributed by atoms with Crippen LogP contribution in [0.15, 0.2) is 6.20 Å². The number of aromatic nitrogens is 1. The Morgan fingerprint density at radius 2 is 2.18 bits per heavy atom. The number of pyridine rings is 1. The molecule has 0 unspecified atom stereocenters. The summed E-state index contributed by atoms with van der Waals surface area (Å²) < 4.78 is 0. The summed E-state index contributed by atoms with van der Waals surface area (Å²) in [5.41, 5.74) is 9.69. The molecule has 0 radical (unpaired) electrons. The predicted octanol–water partition coefficient (Wildman–Crippen LogP) is 1.79. The third kappa shape index (κ3) is 2.40. The highest BCUT2D eigenvalue weighted by Gasteiger charge is 2.19. The Bertz CT molecular complexity index is 443. The number of nitrogen functional groups attached to an aromatic ring is 1. The summed E-state index contributed by atoms with van der Waals surface area (Å²) in [6.45, 7) is 5.35. The van der Waals surface area contributed by atoms with Gasteiger partial charge in [0, 0.05) is 24.8 Å². The molecule has 1 amide bonds. The van der Waals surface area contributed by atoms with E-state index in [0.717, 1.165) is 41.9 Å². The Balaban J connectivity index is 2.18. The molecule has 0 bridgehead atoms. The maximum atomic E-state index is 11.7. The van der Waals surface area contributed by atoms with Gasteiger partial charge in [-0.15, -0.1) is 0 Å². The fourth-order valence-corrected chi connectivity index (χ4v) is 2.16. The monoisotopic (exact) mass is 233 g/mol. The van der Waals surface area contributed by atoms with Gasteiger partial charge in [-0.2, -0.15) is 0 Å². The molecule has 0 spiro atoms. The van der Waals surface area contributed by atoms with Crippen molar-refractivity contribution in [3.05, 3.63) is 23.0 Å². The summed E-state index contributed by atoms with van der Waals surface area (Å²) in [6.07, 6.45) is 4.55. The van der Waals surface area contributed by atoms with Crippen molar-refractivity contribution in [1.82, 2.24) is 9.88 Å². The molecule has 0 saturated carbocycles. The van der Waals surface area contributed by atoms with E-state index >= 15 is 0 Å². The number of nitrogens with two attached hydrogens (primary N) is 1. The molecule has 2 rings (SSSR count). The molecule has 1 aliphatic heterocycles. The predicted molar refractivity (Wildman–Crippen MR) is 67.4 cm³/mol. The SMILES string of the molecule is Cc1cnc(CN2CCCCC2=O)c(C)c1N. The van der Waals surface area contributed by atoms with Crippen LogP contribution in [0.5, 0.6) is 0 Å². The number of aryl methyl sites for hydroxylation is 1. The molecule has 4 heteroatoms. The number of rotatable bonds is 2. The quantitative estimate of drug-likeness (QED) is 0.847. The lowest BCUT2D eigenvalue weighted by Gasteiger charge is -2.27. The maximum Gasteiger partial charge on any atom is 0.222 e. The molecule has 1 saturated heterocycles. The third-order valence-electron chi connectivity index (χ3n) is 3.44. The van der Waals surface area contributed by atoms with E-state index in [0.29, 0.717) is 13.0 Å². The van der Waals surface area contributed by atoms with Gasteiger partial charge in [-0.1, -0.05) is 0 Å². The molecule has 1 aromatic heterocycles. The zero-order valence-electron chi connectivity index (χ0n) is 10.5. The third-order valence-corrected chi connectivity index (χ3v) is 3.44. The van der Waals surface area contributed by atoms with Crippen molar-refractivity contribution >= 4 is 11.6 Å². The Morgan fingerprint density at radius 3 is 2.88 bits per heavy atom. The van der Waals surface area contributed by atoms with Crippen LogP contribution < -0.4 is 5.73 Å². The first-order chi connectivity index (χ1) is 8.09. The molecule has 0 aromatic carbocycles. The lowest BCUT2D eigenvalue weighted by molar-refractivity contribution is -0.133. The van der Waals surface area contributed by atoms with Crippen LogP contribution in [0.3, 0.4) is 0 Å². The summed E-state index contributed by atoms with van der Waals surface area (Å²) in [4.78, 5) is 18.0. The zero-order chi connectivity index (χ0) is 12.4. The van der Waals surface area contributed by atoms with Gasteiger partial charge in [0.1, 0.15) is 0 Å². The van der Waals surface area contributed by atoms with Gasteiger partial charge < -0.3 is 10.6 Å². The van der Waals surface area contributed by atoms with E-state index in [1.807, 2.05) is 18.7 Å². The zero-order valence-corrected chi connectivity index (χ0v) is 10.5. The molecule has 0 atom stereocenters. The van der Waals surface area contributed by atoms with Gasteiger partial charge in [-0.05, 0) is 37.8 Å². The number of piperidine rings is 1. The lowest BCUT2D eigenvalue weighted by atomic mass is 10.1. The number of carbonyl (C=O) groups is 1. The van der Waals surface area contributed by atoms with Crippen molar-refractivity contribution in [2.75, 3.05) is 12.3 Å². The first-order valence-electron chi connectivity index (χ1n) is 6.08. The van der Waals surface area contributed by atoms with Gasteiger partial charge in [0.2, 0.25) is 5.91 Å². The van der Waals surface area contributed by atoms with Crippen LogP contribution in [-0.4, -0.2) is 22.3 Å². The smallest absolute Gasteiger partial charge is 0.222 e. The van der Waals surface area contributed by atoms with E-state index in [2.05, 4.69) is 4.98 Å². The van der Waals surface area contributed by atoms with Crippen molar-refractivity contribution < 1.29 is 4.79 Å². The number of anilines is 1. The first-order valence-corrected chi connectivity index (χ1v) is 6.08. The van der Waals surface area contributed by atoms with E-state index in [1.165, 1.54) is 0 Å². The Kier molecular flexibility index (Phi) is 3.31. The summed E-state index contributed by atoms with van der Waals surface area (Å²) in [6, 6.07) is 0. The second-order valence-electron chi connectivity index (χ2n) is 4.70. The molecule has 2 N–H and O–H groups in total. The topological polar surface area (TPSA) is 59.2 Å². The van der Waals surface area contributed by atoms with Crippen LogP contribution in [0.2, 0.25) is 0 Å². The molecule has 1 aliphatic rings. The molecule has 1 fully saturated rings. The van der Waals surface area contributed by atoms with Crippen molar-refractivity contribution in [2.24, 2.45) is 0 Å². The average Bonchev–Trinajstić information content (AvgIpc) is 2.32. The van der Waals surface area contributed by atoms with E-state index in [9.17, 15) is 4.79 Å². The Hall–Kier alpha value is -1.58. The minimum Gasteiger partial charge on any atom is -0.398 e. The number of hydrogen-bond donors (Lipinski definition) is 1. The summed E-state index contributed by atoms with van der Waals surface area (Å²) in [7, 11) is 0. The van der Waals surface area contributed by atoms with Gasteiger partial charge in [0.15, 0.2) is 0 Å². The van der Waals surface area contributed by atoms with E-state index in [1.54, 1.807) is 6.20 Å². The molecule has 2 heterocycles. The van der Waals surface area contributed by atoms with Crippen molar-refractivity contribution in [3.8, 4) is 0 Å². The van der Waals surface area contributed by atoms with Crippen LogP contribution in [-0.2, 0) is 11.3 Å². The second kappa shape index (κ2) is 4.73. The second-order valence-corrected chi connectivity index (χ2v) is 4.70. The van der Waals surface area contributed by atoms with Crippen LogP contribution in [0.25, 0.3) is 0 Å². The molecule has 0 aliphatic carbocycles. The van der Waals surface area contributed by atoms with Gasteiger partial charge in [0.05, 0.1) is 12.2 Å². The highest BCUT2D eigenvalue weighted by Crippen LogP contribution is 2.21. The van der Waals surface area contributed by atoms with Crippen molar-refractivity contribution in [2.45, 2.75) is 39.7 Å². The lowest BCUT2D eigenvalue weighted by Crippen LogP contribution is -2.35. The summed E-state index contributed by atoms with van der Waals surface area (Å²) in [5.74, 6) is 0.233. The normalized spacial score (nSPS) is 16.4. The molecular weight excluding hydrogens is 214 g/mol. The molecule has 92 valence electrons. The number of hydrogen-bond acceptors (Lipinski definition) is 3. The van der Waals surface area contributed by atoms with Gasteiger partial charge >= 0.3 is 0 Å². The average molecular weight is 233 g/mol. The molecule has 17 heavy (non-hydrogen) atoms. The van der Waals surface area contributed by atoms with Crippen molar-refractivity contribution in [1.29, 1.82) is 0 Å². The van der Waals surface area contributed by atoms with E-state index in [-0.39, 0.29) is 5.91 Å². The highest BCUT2D eigenvalue weighted by molar-refractivity contribution is 5.76. The highest BCUT2D eigenvalue weighted by atomic mass is 16.2. The van der Waals surface area contributed by atoms with Crippen LogP contribution >= 0.6 is 0 Å². The maximum absolute atomic E-state index is 11.7. The van der Waals surface area contributed by atoms with E-state index in [4.69, 9.17) is 5.73 Å². The van der Waals surface area contributed by atoms with Crippen LogP contribution in [0, 0.1) is 13.8 Å². The summed E-state index contributed by atoms with van der Waals surface area (Å²) in [5, 5.41) is 0. The van der Waals surface area contributed by atoms with Crippen molar-refractivity contribution in [3.63, 3.8) is 0 Å². The summed E-state index contributed by atoms with van der Waals surface area (Å²) >= 11 is 0. The van der Waals surface area contributed by atoms with Crippen LogP contribution in [0.1, 0.15) is 36.1 Å². The Morgan fingerprint density at radius 1 is 1.41 bits per heavy atom. The largest absolute Gasteiger partial charge is 0.398 e. The van der Waals surface area contributed by atoms with Gasteiger partial charge in [-0.3, -0.25) is 9.78 Å². The number of carbonyl (C=O) groups excluding carboxylic acids is 1. The minimum atomic E-state index is 0.233. The number of nitrogens with zero attached hydrogens (tertiary/aromatic N) is 2. The molecule has 1 aromatic rings. The minimum absolute atomic E-state index is 0.233. The molecular formula is C13H19N3O. The Labute approximate surface area is 102 Å². The number of likely N-dealkylation sites (tertiary alicyclic amines) is 1. The first kappa shape index (κ1) is 11.9. The number of amides is 1. The molecule has 4 nitrogen and oxygen atoms in total. The standard InChI is InChI=1S/C13H19N3O/c1-9-7-15-11(10(2)13(9)14)8-16-6-4-3-5-12(16)17/h7H,3-6,8H2,1-2H3,(H2,14,15). The van der Waals surface area contributed by atoms with E-state index < -0.39 is 0 Å². The van der Waals surface area contributed by atoms with Gasteiger partial charge in [-0.25, -0.2) is 0 Å².